The molecule has 0 spiro atoms. The Hall–Kier alpha value is -2.93. The summed E-state index contributed by atoms with van der Waals surface area (Å²) in [5.74, 6) is -2.24. The zero-order valence-corrected chi connectivity index (χ0v) is 15.0. The van der Waals surface area contributed by atoms with E-state index < -0.39 is 42.4 Å². The second-order valence-corrected chi connectivity index (χ2v) is 6.60. The monoisotopic (exact) mass is 419 g/mol. The lowest BCUT2D eigenvalue weighted by molar-refractivity contribution is -0.274. The van der Waals surface area contributed by atoms with Crippen LogP contribution in [0, 0.1) is 0 Å². The molecule has 1 atom stereocenters. The number of thiazole rings is 1. The molecule has 0 radical (unpaired) electrons. The molecule has 6 N–H and O–H groups in total. The Bertz CT molecular complexity index is 886. The molecule has 2 aromatic rings. The first kappa shape index (κ1) is 21.4. The van der Waals surface area contributed by atoms with Gasteiger partial charge in [-0.2, -0.15) is 0 Å². The third-order valence-electron chi connectivity index (χ3n) is 3.30. The van der Waals surface area contributed by atoms with E-state index in [1.807, 2.05) is 0 Å². The van der Waals surface area contributed by atoms with Crippen molar-refractivity contribution in [1.82, 2.24) is 10.3 Å². The first-order chi connectivity index (χ1) is 13.0. The molecule has 0 saturated heterocycles. The van der Waals surface area contributed by atoms with Crippen LogP contribution in [0.2, 0.25) is 0 Å². The van der Waals surface area contributed by atoms with Crippen LogP contribution < -0.4 is 26.8 Å². The van der Waals surface area contributed by atoms with Gasteiger partial charge >= 0.3 is 6.36 Å². The van der Waals surface area contributed by atoms with Crippen LogP contribution in [0.15, 0.2) is 18.2 Å². The first-order valence-corrected chi connectivity index (χ1v) is 8.63. The van der Waals surface area contributed by atoms with E-state index in [-0.39, 0.29) is 18.0 Å². The quantitative estimate of drug-likeness (QED) is 0.498. The Kier molecular flexibility index (Phi) is 6.75. The molecular formula is C15H16F3N5O4S. The second kappa shape index (κ2) is 8.84. The number of nitrogens with zero attached hydrogens (tertiary/aromatic N) is 1. The van der Waals surface area contributed by atoms with Crippen LogP contribution in [0.25, 0.3) is 10.2 Å². The zero-order chi connectivity index (χ0) is 20.9. The van der Waals surface area contributed by atoms with Crippen LogP contribution in [0.3, 0.4) is 0 Å². The maximum Gasteiger partial charge on any atom is 0.573 e. The van der Waals surface area contributed by atoms with E-state index in [1.165, 1.54) is 6.07 Å². The molecule has 3 amide bonds. The van der Waals surface area contributed by atoms with Crippen molar-refractivity contribution < 1.29 is 32.3 Å². The molecule has 13 heteroatoms. The lowest BCUT2D eigenvalue weighted by Crippen LogP contribution is -2.44. The maximum atomic E-state index is 12.3. The molecule has 152 valence electrons. The van der Waals surface area contributed by atoms with E-state index in [0.29, 0.717) is 10.2 Å². The lowest BCUT2D eigenvalue weighted by Gasteiger charge is -2.10. The molecule has 0 saturated carbocycles. The van der Waals surface area contributed by atoms with Crippen LogP contribution in [-0.2, 0) is 14.4 Å². The predicted octanol–water partition coefficient (Wildman–Crippen LogP) is 0.842. The summed E-state index contributed by atoms with van der Waals surface area (Å²) >= 11 is 0.938. The van der Waals surface area contributed by atoms with Crippen molar-refractivity contribution in [3.8, 4) is 5.75 Å². The Morgan fingerprint density at radius 1 is 1.29 bits per heavy atom. The molecular weight excluding hydrogens is 403 g/mol. The lowest BCUT2D eigenvalue weighted by atomic mass is 10.1. The van der Waals surface area contributed by atoms with E-state index in [2.05, 4.69) is 20.4 Å². The van der Waals surface area contributed by atoms with Crippen molar-refractivity contribution >= 4 is 44.4 Å². The number of hydrogen-bond acceptors (Lipinski definition) is 7. The zero-order valence-electron chi connectivity index (χ0n) is 14.2. The van der Waals surface area contributed by atoms with Gasteiger partial charge < -0.3 is 26.8 Å². The normalized spacial score (nSPS) is 12.4. The number of halogens is 3. The van der Waals surface area contributed by atoms with Crippen LogP contribution in [-0.4, -0.2) is 41.7 Å². The van der Waals surface area contributed by atoms with Crippen LogP contribution >= 0.6 is 11.3 Å². The number of alkyl halides is 3. The van der Waals surface area contributed by atoms with Crippen molar-refractivity contribution in [2.45, 2.75) is 25.2 Å². The number of carbonyl (C=O) groups is 3. The van der Waals surface area contributed by atoms with Gasteiger partial charge in [0.1, 0.15) is 5.75 Å². The van der Waals surface area contributed by atoms with Crippen molar-refractivity contribution in [3.63, 3.8) is 0 Å². The number of nitrogens with one attached hydrogen (secondary N) is 2. The molecule has 0 aliphatic heterocycles. The van der Waals surface area contributed by atoms with Crippen molar-refractivity contribution in [2.75, 3.05) is 11.9 Å². The number of anilines is 1. The van der Waals surface area contributed by atoms with Gasteiger partial charge in [0, 0.05) is 12.5 Å². The molecule has 1 unspecified atom stereocenters. The van der Waals surface area contributed by atoms with E-state index in [9.17, 15) is 27.6 Å². The SMILES string of the molecule is NC(=O)CCC(N)C(=O)NCC(=O)Nc1nc2ccc(OC(F)(F)F)cc2s1. The predicted molar refractivity (Wildman–Crippen MR) is 94.3 cm³/mol. The smallest absolute Gasteiger partial charge is 0.406 e. The van der Waals surface area contributed by atoms with Crippen LogP contribution in [0.1, 0.15) is 12.8 Å². The van der Waals surface area contributed by atoms with Crippen molar-refractivity contribution in [1.29, 1.82) is 0 Å². The van der Waals surface area contributed by atoms with Gasteiger partial charge in [0.2, 0.25) is 17.7 Å². The van der Waals surface area contributed by atoms with E-state index in [4.69, 9.17) is 11.5 Å². The van der Waals surface area contributed by atoms with Crippen molar-refractivity contribution in [2.24, 2.45) is 11.5 Å². The molecule has 1 aromatic carbocycles. The summed E-state index contributed by atoms with van der Waals surface area (Å²) in [4.78, 5) is 38.3. The number of rotatable bonds is 8. The Morgan fingerprint density at radius 3 is 2.64 bits per heavy atom. The summed E-state index contributed by atoms with van der Waals surface area (Å²) in [7, 11) is 0. The number of primary amides is 1. The van der Waals surface area contributed by atoms with Crippen LogP contribution in [0.4, 0.5) is 18.3 Å². The molecule has 2 rings (SSSR count). The van der Waals surface area contributed by atoms with Gasteiger partial charge in [-0.25, -0.2) is 4.98 Å². The number of amides is 3. The van der Waals surface area contributed by atoms with E-state index in [1.54, 1.807) is 0 Å². The number of carbonyl (C=O) groups excluding carboxylic acids is 3. The van der Waals surface area contributed by atoms with Gasteiger partial charge in [-0.15, -0.1) is 13.2 Å². The van der Waals surface area contributed by atoms with Gasteiger partial charge in [0.25, 0.3) is 0 Å². The number of fused-ring (bicyclic) bond motifs is 1. The van der Waals surface area contributed by atoms with Crippen molar-refractivity contribution in [3.05, 3.63) is 18.2 Å². The third-order valence-corrected chi connectivity index (χ3v) is 4.24. The minimum atomic E-state index is -4.81. The molecule has 0 bridgehead atoms. The molecule has 28 heavy (non-hydrogen) atoms. The molecule has 1 aromatic heterocycles. The van der Waals surface area contributed by atoms with Gasteiger partial charge in [-0.1, -0.05) is 11.3 Å². The summed E-state index contributed by atoms with van der Waals surface area (Å²) in [6.07, 6.45) is -4.83. The van der Waals surface area contributed by atoms with Gasteiger partial charge in [0.05, 0.1) is 22.8 Å². The fourth-order valence-electron chi connectivity index (χ4n) is 2.05. The average molecular weight is 419 g/mol. The molecule has 9 nitrogen and oxygen atoms in total. The number of benzene rings is 1. The standard InChI is InChI=1S/C15H16F3N5O4S/c16-15(17,18)27-7-1-3-9-10(5-7)28-14(22-9)23-12(25)6-21-13(26)8(19)2-4-11(20)24/h1,3,5,8H,2,4,6,19H2,(H2,20,24)(H,21,26)(H,22,23,25). The summed E-state index contributed by atoms with van der Waals surface area (Å²) < 4.78 is 41.0. The van der Waals surface area contributed by atoms with Gasteiger partial charge in [0.15, 0.2) is 5.13 Å². The number of hydrogen-bond donors (Lipinski definition) is 4. The largest absolute Gasteiger partial charge is 0.573 e. The summed E-state index contributed by atoms with van der Waals surface area (Å²) in [5, 5.41) is 4.85. The Morgan fingerprint density at radius 2 is 2.00 bits per heavy atom. The highest BCUT2D eigenvalue weighted by atomic mass is 32.1. The highest BCUT2D eigenvalue weighted by Crippen LogP contribution is 2.31. The van der Waals surface area contributed by atoms with E-state index >= 15 is 0 Å². The summed E-state index contributed by atoms with van der Waals surface area (Å²) in [5.41, 5.74) is 10.9. The molecule has 1 heterocycles. The van der Waals surface area contributed by atoms with Gasteiger partial charge in [-0.05, 0) is 18.6 Å². The number of aromatic nitrogens is 1. The minimum Gasteiger partial charge on any atom is -0.406 e. The number of ether oxygens (including phenoxy) is 1. The van der Waals surface area contributed by atoms with Gasteiger partial charge in [-0.3, -0.25) is 14.4 Å². The molecule has 0 aliphatic rings. The Labute approximate surface area is 160 Å². The highest BCUT2D eigenvalue weighted by Gasteiger charge is 2.31. The highest BCUT2D eigenvalue weighted by molar-refractivity contribution is 7.22. The third kappa shape index (κ3) is 6.66. The molecule has 0 aliphatic carbocycles. The fourth-order valence-corrected chi connectivity index (χ4v) is 2.96. The average Bonchev–Trinajstić information content (AvgIpc) is 2.97. The summed E-state index contributed by atoms with van der Waals surface area (Å²) in [6, 6.07) is 2.59. The number of nitrogens with two attached hydrogens (primary N) is 2. The topological polar surface area (TPSA) is 149 Å². The summed E-state index contributed by atoms with van der Waals surface area (Å²) in [6.45, 7) is -0.401. The maximum absolute atomic E-state index is 12.3. The second-order valence-electron chi connectivity index (χ2n) is 5.57. The minimum absolute atomic E-state index is 0.0446. The van der Waals surface area contributed by atoms with E-state index in [0.717, 1.165) is 23.5 Å². The fraction of sp³-hybridized carbons (Fsp3) is 0.333. The first-order valence-electron chi connectivity index (χ1n) is 7.81. The Balaban J connectivity index is 1.90. The van der Waals surface area contributed by atoms with Crippen LogP contribution in [0.5, 0.6) is 5.75 Å². The molecule has 0 fully saturated rings.